The maximum atomic E-state index is 12.8. The highest BCUT2D eigenvalue weighted by Gasteiger charge is 2.40. The molecular weight excluding hydrogens is 407 g/mol. The molecule has 1 N–H and O–H groups in total. The Labute approximate surface area is 160 Å². The number of alkyl halides is 3. The maximum Gasteiger partial charge on any atom is 0.422 e. The molecule has 0 aliphatic heterocycles. The Bertz CT molecular complexity index is 824. The van der Waals surface area contributed by atoms with E-state index in [1.807, 2.05) is 0 Å². The largest absolute Gasteiger partial charge is 0.484 e. The number of nitrogens with one attached hydrogen (secondary N) is 1. The molecule has 2 saturated carbocycles. The van der Waals surface area contributed by atoms with Crippen molar-refractivity contribution in [2.24, 2.45) is 5.92 Å². The summed E-state index contributed by atoms with van der Waals surface area (Å²) in [6.07, 6.45) is -1.56. The maximum absolute atomic E-state index is 12.8. The van der Waals surface area contributed by atoms with Crippen LogP contribution in [0.15, 0.2) is 23.1 Å². The van der Waals surface area contributed by atoms with Crippen molar-refractivity contribution in [1.82, 2.24) is 5.32 Å². The summed E-state index contributed by atoms with van der Waals surface area (Å²) in [5.74, 6) is -0.625. The molecule has 10 heteroatoms. The van der Waals surface area contributed by atoms with E-state index >= 15 is 0 Å². The Morgan fingerprint density at radius 3 is 2.52 bits per heavy atom. The molecule has 150 valence electrons. The number of rotatable bonds is 6. The highest BCUT2D eigenvalue weighted by Crippen LogP contribution is 2.37. The summed E-state index contributed by atoms with van der Waals surface area (Å²) in [7, 11) is -3.80. The van der Waals surface area contributed by atoms with Gasteiger partial charge in [0.15, 0.2) is 16.4 Å². The first-order chi connectivity index (χ1) is 12.6. The monoisotopic (exact) mass is 425 g/mol. The predicted octanol–water partition coefficient (Wildman–Crippen LogP) is 3.50. The number of sulfone groups is 1. The average Bonchev–Trinajstić information content (AvgIpc) is 3.23. The molecule has 0 radical (unpaired) electrons. The lowest BCUT2D eigenvalue weighted by Crippen LogP contribution is -2.31. The van der Waals surface area contributed by atoms with Gasteiger partial charge in [-0.3, -0.25) is 4.79 Å². The minimum absolute atomic E-state index is 0.114. The van der Waals surface area contributed by atoms with E-state index in [0.717, 1.165) is 31.0 Å². The minimum Gasteiger partial charge on any atom is -0.484 e. The molecule has 27 heavy (non-hydrogen) atoms. The van der Waals surface area contributed by atoms with Gasteiger partial charge >= 0.3 is 6.18 Å². The number of carbonyl (C=O) groups is 1. The summed E-state index contributed by atoms with van der Waals surface area (Å²) in [4.78, 5) is 12.0. The molecule has 0 saturated heterocycles. The lowest BCUT2D eigenvalue weighted by atomic mass is 10.1. The normalized spacial score (nSPS) is 23.3. The number of carbonyl (C=O) groups excluding carboxylic acids is 1. The van der Waals surface area contributed by atoms with Crippen LogP contribution < -0.4 is 10.1 Å². The topological polar surface area (TPSA) is 72.5 Å². The van der Waals surface area contributed by atoms with Gasteiger partial charge in [-0.05, 0) is 44.2 Å². The van der Waals surface area contributed by atoms with Crippen LogP contribution in [0.2, 0.25) is 5.02 Å². The van der Waals surface area contributed by atoms with Crippen molar-refractivity contribution in [1.29, 1.82) is 0 Å². The lowest BCUT2D eigenvalue weighted by Gasteiger charge is -2.15. The third-order valence-electron chi connectivity index (χ3n) is 4.73. The first kappa shape index (κ1) is 20.3. The Morgan fingerprint density at radius 1 is 1.22 bits per heavy atom. The molecule has 5 nitrogen and oxygen atoms in total. The van der Waals surface area contributed by atoms with Crippen LogP contribution in [0.25, 0.3) is 0 Å². The first-order valence-electron chi connectivity index (χ1n) is 8.59. The van der Waals surface area contributed by atoms with Gasteiger partial charge in [-0.2, -0.15) is 13.2 Å². The van der Waals surface area contributed by atoms with Gasteiger partial charge < -0.3 is 10.1 Å². The van der Waals surface area contributed by atoms with E-state index < -0.39 is 27.9 Å². The molecule has 1 amide bonds. The van der Waals surface area contributed by atoms with Gasteiger partial charge in [0.05, 0.1) is 15.2 Å². The van der Waals surface area contributed by atoms with Crippen molar-refractivity contribution in [3.05, 3.63) is 23.2 Å². The van der Waals surface area contributed by atoms with Crippen LogP contribution in [0.1, 0.15) is 32.1 Å². The van der Waals surface area contributed by atoms with Gasteiger partial charge in [0.25, 0.3) is 0 Å². The molecule has 0 unspecified atom stereocenters. The van der Waals surface area contributed by atoms with Crippen LogP contribution in [0, 0.1) is 5.92 Å². The molecule has 0 aromatic heterocycles. The van der Waals surface area contributed by atoms with Gasteiger partial charge in [-0.1, -0.05) is 11.6 Å². The van der Waals surface area contributed by atoms with Crippen molar-refractivity contribution in [3.63, 3.8) is 0 Å². The summed E-state index contributed by atoms with van der Waals surface area (Å²) < 4.78 is 66.9. The molecule has 2 atom stereocenters. The Morgan fingerprint density at radius 2 is 1.93 bits per heavy atom. The molecule has 1 aromatic rings. The third-order valence-corrected chi connectivity index (χ3v) is 7.43. The first-order valence-corrected chi connectivity index (χ1v) is 10.5. The Kier molecular flexibility index (Phi) is 5.63. The van der Waals surface area contributed by atoms with Gasteiger partial charge in [0.2, 0.25) is 5.91 Å². The zero-order valence-corrected chi connectivity index (χ0v) is 15.8. The molecule has 2 aliphatic carbocycles. The highest BCUT2D eigenvalue weighted by molar-refractivity contribution is 7.92. The fourth-order valence-corrected chi connectivity index (χ4v) is 5.53. The average molecular weight is 426 g/mol. The van der Waals surface area contributed by atoms with E-state index in [-0.39, 0.29) is 40.0 Å². The second kappa shape index (κ2) is 7.50. The van der Waals surface area contributed by atoms with Gasteiger partial charge in [-0.15, -0.1) is 0 Å². The second-order valence-corrected chi connectivity index (χ2v) is 9.56. The van der Waals surface area contributed by atoms with Crippen LogP contribution >= 0.6 is 11.6 Å². The number of hydrogen-bond donors (Lipinski definition) is 1. The Hall–Kier alpha value is -1.48. The lowest BCUT2D eigenvalue weighted by molar-refractivity contribution is -0.153. The number of halogens is 4. The molecule has 2 fully saturated rings. The van der Waals surface area contributed by atoms with Gasteiger partial charge in [0, 0.05) is 18.0 Å². The van der Waals surface area contributed by atoms with Crippen molar-refractivity contribution >= 4 is 27.3 Å². The van der Waals surface area contributed by atoms with Crippen molar-refractivity contribution in [3.8, 4) is 5.75 Å². The van der Waals surface area contributed by atoms with Crippen molar-refractivity contribution in [2.45, 2.75) is 54.5 Å². The quantitative estimate of drug-likeness (QED) is 0.757. The van der Waals surface area contributed by atoms with E-state index in [1.165, 1.54) is 0 Å². The number of benzene rings is 1. The molecule has 2 aliphatic rings. The van der Waals surface area contributed by atoms with E-state index in [9.17, 15) is 26.4 Å². The Balaban J connectivity index is 1.68. The molecular formula is C17H19ClF3NO4S. The summed E-state index contributed by atoms with van der Waals surface area (Å²) >= 11 is 6.00. The standard InChI is InChI=1S/C17H19ClF3NO4S/c18-14-8-12(26-9-17(19,20)21)4-6-15(14)27(24,25)13-5-1-10(7-13)16(23)22-11-2-3-11/h4,6,8,10-11,13H,1-3,5,7,9H2,(H,22,23)/t10-,13-/m1/s1. The summed E-state index contributed by atoms with van der Waals surface area (Å²) in [6, 6.07) is 3.58. The van der Waals surface area contributed by atoms with Crippen molar-refractivity contribution in [2.75, 3.05) is 6.61 Å². The van der Waals surface area contributed by atoms with Crippen LogP contribution in [-0.2, 0) is 14.6 Å². The van der Waals surface area contributed by atoms with E-state index in [0.29, 0.717) is 12.8 Å². The van der Waals surface area contributed by atoms with Gasteiger partial charge in [0.1, 0.15) is 5.75 Å². The van der Waals surface area contributed by atoms with Gasteiger partial charge in [-0.25, -0.2) is 8.42 Å². The number of ether oxygens (including phenoxy) is 1. The molecule has 1 aromatic carbocycles. The zero-order chi connectivity index (χ0) is 19.8. The summed E-state index contributed by atoms with van der Waals surface area (Å²) in [6.45, 7) is -1.49. The second-order valence-electron chi connectivity index (χ2n) is 6.96. The van der Waals surface area contributed by atoms with Crippen molar-refractivity contribution < 1.29 is 31.1 Å². The SMILES string of the molecule is O=C(NC1CC1)[C@@H]1CC[C@@H](S(=O)(=O)c2ccc(OCC(F)(F)F)cc2Cl)C1. The van der Waals surface area contributed by atoms with Crippen LogP contribution in [-0.4, -0.2) is 38.4 Å². The minimum atomic E-state index is -4.50. The number of hydrogen-bond acceptors (Lipinski definition) is 4. The summed E-state index contributed by atoms with van der Waals surface area (Å²) in [5.41, 5.74) is 0. The third kappa shape index (κ3) is 5.07. The zero-order valence-electron chi connectivity index (χ0n) is 14.3. The predicted molar refractivity (Wildman–Crippen MR) is 92.5 cm³/mol. The fraction of sp³-hybridized carbons (Fsp3) is 0.588. The van der Waals surface area contributed by atoms with Crippen LogP contribution in [0.5, 0.6) is 5.75 Å². The molecule has 3 rings (SSSR count). The van der Waals surface area contributed by atoms with E-state index in [4.69, 9.17) is 11.6 Å². The molecule has 0 heterocycles. The smallest absolute Gasteiger partial charge is 0.422 e. The van der Waals surface area contributed by atoms with E-state index in [2.05, 4.69) is 10.1 Å². The summed E-state index contributed by atoms with van der Waals surface area (Å²) in [5, 5.41) is 1.95. The molecule has 0 spiro atoms. The fourth-order valence-electron chi connectivity index (χ4n) is 3.15. The number of amides is 1. The highest BCUT2D eigenvalue weighted by atomic mass is 35.5. The van der Waals surface area contributed by atoms with Crippen LogP contribution in [0.4, 0.5) is 13.2 Å². The van der Waals surface area contributed by atoms with E-state index in [1.54, 1.807) is 0 Å². The van der Waals surface area contributed by atoms with Crippen LogP contribution in [0.3, 0.4) is 0 Å². The molecule has 0 bridgehead atoms.